The van der Waals surface area contributed by atoms with Crippen LogP contribution in [0.4, 0.5) is 23.7 Å². The van der Waals surface area contributed by atoms with E-state index < -0.39 is 30.5 Å². The molecule has 0 unspecified atom stereocenters. The highest BCUT2D eigenvalue weighted by atomic mass is 19.3. The number of halogens is 3. The van der Waals surface area contributed by atoms with E-state index in [9.17, 15) is 22.8 Å². The van der Waals surface area contributed by atoms with Gasteiger partial charge in [0.1, 0.15) is 22.9 Å². The molecule has 0 radical (unpaired) electrons. The topological polar surface area (TPSA) is 85.2 Å². The van der Waals surface area contributed by atoms with Crippen LogP contribution in [-0.4, -0.2) is 46.0 Å². The molecule has 1 fully saturated rings. The molecule has 43 heavy (non-hydrogen) atoms. The van der Waals surface area contributed by atoms with Crippen molar-refractivity contribution in [3.05, 3.63) is 77.4 Å². The van der Waals surface area contributed by atoms with Gasteiger partial charge >= 0.3 is 6.09 Å². The van der Waals surface area contributed by atoms with Crippen LogP contribution in [0, 0.1) is 19.7 Å². The summed E-state index contributed by atoms with van der Waals surface area (Å²) in [5, 5.41) is 2.99. The first kappa shape index (κ1) is 29.9. The van der Waals surface area contributed by atoms with Gasteiger partial charge < -0.3 is 14.8 Å². The number of nitrogens with zero attached hydrogens (tertiary/aromatic N) is 3. The number of anilines is 1. The average Bonchev–Trinajstić information content (AvgIpc) is 3.62. The normalized spacial score (nSPS) is 13.3. The molecule has 2 amide bonds. The molecule has 11 heteroatoms. The minimum atomic E-state index is -2.88. The number of ether oxygens (including phenoxy) is 2. The first-order valence-corrected chi connectivity index (χ1v) is 13.9. The highest BCUT2D eigenvalue weighted by Crippen LogP contribution is 2.35. The van der Waals surface area contributed by atoms with Crippen molar-refractivity contribution in [2.45, 2.75) is 65.5 Å². The number of hydrogen-bond donors (Lipinski definition) is 1. The van der Waals surface area contributed by atoms with Gasteiger partial charge in [0.15, 0.2) is 5.65 Å². The zero-order valence-electron chi connectivity index (χ0n) is 24.6. The number of fused-ring (bicyclic) bond motifs is 1. The number of nitrogens with one attached hydrogen (secondary N) is 1. The maximum Gasteiger partial charge on any atom is 0.415 e. The van der Waals surface area contributed by atoms with Crippen molar-refractivity contribution in [3.8, 4) is 22.8 Å². The number of alkyl halides is 2. The maximum atomic E-state index is 14.1. The number of hydrogen-bond acceptors (Lipinski definition) is 5. The van der Waals surface area contributed by atoms with E-state index >= 15 is 0 Å². The molecule has 1 aliphatic rings. The maximum absolute atomic E-state index is 14.1. The van der Waals surface area contributed by atoms with Crippen molar-refractivity contribution < 1.29 is 32.2 Å². The Hall–Kier alpha value is -4.54. The second-order valence-electron chi connectivity index (χ2n) is 11.7. The number of carbonyl (C=O) groups is 2. The fourth-order valence-electron chi connectivity index (χ4n) is 4.62. The van der Waals surface area contributed by atoms with Crippen molar-refractivity contribution >= 4 is 23.3 Å². The lowest BCUT2D eigenvalue weighted by Gasteiger charge is -2.27. The third-order valence-electron chi connectivity index (χ3n) is 6.84. The van der Waals surface area contributed by atoms with E-state index in [1.807, 2.05) is 13.0 Å². The first-order chi connectivity index (χ1) is 20.3. The number of imidazole rings is 1. The highest BCUT2D eigenvalue weighted by Gasteiger charge is 2.30. The Labute approximate surface area is 247 Å². The van der Waals surface area contributed by atoms with Crippen LogP contribution in [0.5, 0.6) is 11.5 Å². The molecule has 2 aromatic heterocycles. The molecule has 1 aliphatic carbocycles. The highest BCUT2D eigenvalue weighted by molar-refractivity contribution is 5.97. The molecule has 0 spiro atoms. The number of pyridine rings is 1. The number of amides is 2. The number of carbonyl (C=O) groups excluding carboxylic acids is 2. The van der Waals surface area contributed by atoms with Gasteiger partial charge in [-0.2, -0.15) is 0 Å². The molecule has 5 rings (SSSR count). The van der Waals surface area contributed by atoms with Gasteiger partial charge in [-0.15, -0.1) is 0 Å². The van der Waals surface area contributed by atoms with E-state index in [1.165, 1.54) is 18.2 Å². The van der Waals surface area contributed by atoms with E-state index in [2.05, 4.69) is 10.3 Å². The summed E-state index contributed by atoms with van der Waals surface area (Å²) in [5.74, 6) is -0.297. The van der Waals surface area contributed by atoms with Gasteiger partial charge in [-0.1, -0.05) is 12.1 Å². The fraction of sp³-hybridized carbons (Fsp3) is 0.344. The van der Waals surface area contributed by atoms with Gasteiger partial charge in [0, 0.05) is 29.3 Å². The molecule has 0 aliphatic heterocycles. The van der Waals surface area contributed by atoms with E-state index in [0.29, 0.717) is 22.4 Å². The predicted molar refractivity (Wildman–Crippen MR) is 157 cm³/mol. The Balaban J connectivity index is 1.64. The van der Waals surface area contributed by atoms with E-state index in [1.54, 1.807) is 62.7 Å². The first-order valence-electron chi connectivity index (χ1n) is 13.9. The minimum absolute atomic E-state index is 0.0181. The summed E-state index contributed by atoms with van der Waals surface area (Å²) < 4.78 is 54.8. The lowest BCUT2D eigenvalue weighted by Crippen LogP contribution is -2.40. The van der Waals surface area contributed by atoms with Crippen LogP contribution in [0.3, 0.4) is 0 Å². The van der Waals surface area contributed by atoms with Crippen LogP contribution in [0.1, 0.15) is 55.1 Å². The largest absolute Gasteiger partial charge is 0.455 e. The second kappa shape index (κ2) is 11.6. The average molecular weight is 595 g/mol. The Morgan fingerprint density at radius 1 is 1.09 bits per heavy atom. The van der Waals surface area contributed by atoms with Gasteiger partial charge in [0.05, 0.1) is 30.3 Å². The van der Waals surface area contributed by atoms with Gasteiger partial charge in [-0.25, -0.2) is 22.9 Å². The monoisotopic (exact) mass is 594 g/mol. The fourth-order valence-corrected chi connectivity index (χ4v) is 4.62. The predicted octanol–water partition coefficient (Wildman–Crippen LogP) is 7.45. The zero-order valence-corrected chi connectivity index (χ0v) is 24.6. The van der Waals surface area contributed by atoms with E-state index in [-0.39, 0.29) is 34.8 Å². The number of aromatic nitrogens is 2. The summed E-state index contributed by atoms with van der Waals surface area (Å²) in [5.41, 5.74) is 2.42. The van der Waals surface area contributed by atoms with Crippen molar-refractivity contribution in [1.29, 1.82) is 0 Å². The Kier molecular flexibility index (Phi) is 8.09. The SMILES string of the molecule is Cc1ccc(F)cc1Oc1cc(N(CC(F)F)C(=O)OC(C)(C)C)c2ncc(-c3ccc(C(=O)NC4CC4)c(C)c3)n2c1. The van der Waals surface area contributed by atoms with Crippen LogP contribution in [0.2, 0.25) is 0 Å². The molecule has 226 valence electrons. The van der Waals surface area contributed by atoms with Gasteiger partial charge in [0.2, 0.25) is 0 Å². The van der Waals surface area contributed by atoms with Gasteiger partial charge in [0.25, 0.3) is 12.3 Å². The summed E-state index contributed by atoms with van der Waals surface area (Å²) in [6.07, 6.45) is 1.21. The number of rotatable bonds is 8. The summed E-state index contributed by atoms with van der Waals surface area (Å²) in [4.78, 5) is 31.2. The van der Waals surface area contributed by atoms with Crippen molar-refractivity contribution in [2.75, 3.05) is 11.4 Å². The van der Waals surface area contributed by atoms with Crippen LogP contribution in [0.15, 0.2) is 54.9 Å². The Morgan fingerprint density at radius 2 is 1.84 bits per heavy atom. The molecule has 0 saturated heterocycles. The van der Waals surface area contributed by atoms with Gasteiger partial charge in [-0.3, -0.25) is 14.1 Å². The number of benzene rings is 2. The van der Waals surface area contributed by atoms with Crippen LogP contribution < -0.4 is 15.0 Å². The standard InChI is InChI=1S/C32H33F3N4O4/c1-18-6-8-21(33)13-27(18)42-23-14-25(39(17-28(34)35)31(41)43-32(3,4)5)29-36-15-26(38(29)16-23)20-7-11-24(19(2)12-20)30(40)37-22-9-10-22/h6-8,11-16,22,28H,9-10,17H2,1-5H3,(H,37,40). The Morgan fingerprint density at radius 3 is 2.49 bits per heavy atom. The molecular weight excluding hydrogens is 561 g/mol. The van der Waals surface area contributed by atoms with Gasteiger partial charge in [-0.05, 0) is 76.8 Å². The lowest BCUT2D eigenvalue weighted by molar-refractivity contribution is 0.0543. The summed E-state index contributed by atoms with van der Waals surface area (Å²) in [6, 6.07) is 11.0. The molecular formula is C32H33F3N4O4. The Bertz CT molecular complexity index is 1690. The van der Waals surface area contributed by atoms with Crippen molar-refractivity contribution in [2.24, 2.45) is 0 Å². The molecule has 8 nitrogen and oxygen atoms in total. The zero-order chi connectivity index (χ0) is 31.1. The molecule has 0 bridgehead atoms. The lowest BCUT2D eigenvalue weighted by atomic mass is 10.0. The molecule has 2 aromatic carbocycles. The second-order valence-corrected chi connectivity index (χ2v) is 11.7. The molecule has 1 saturated carbocycles. The minimum Gasteiger partial charge on any atom is -0.455 e. The van der Waals surface area contributed by atoms with E-state index in [4.69, 9.17) is 9.47 Å². The third-order valence-corrected chi connectivity index (χ3v) is 6.84. The molecule has 2 heterocycles. The van der Waals surface area contributed by atoms with Crippen LogP contribution >= 0.6 is 0 Å². The summed E-state index contributed by atoms with van der Waals surface area (Å²) >= 11 is 0. The molecule has 0 atom stereocenters. The summed E-state index contributed by atoms with van der Waals surface area (Å²) in [6.45, 7) is 7.52. The molecule has 4 aromatic rings. The van der Waals surface area contributed by atoms with Crippen molar-refractivity contribution in [3.63, 3.8) is 0 Å². The number of aryl methyl sites for hydroxylation is 2. The van der Waals surface area contributed by atoms with Crippen molar-refractivity contribution in [1.82, 2.24) is 14.7 Å². The summed E-state index contributed by atoms with van der Waals surface area (Å²) in [7, 11) is 0. The third kappa shape index (κ3) is 6.93. The van der Waals surface area contributed by atoms with Crippen LogP contribution in [-0.2, 0) is 4.74 Å². The smallest absolute Gasteiger partial charge is 0.415 e. The van der Waals surface area contributed by atoms with Crippen LogP contribution in [0.25, 0.3) is 16.9 Å². The molecule has 1 N–H and O–H groups in total. The van der Waals surface area contributed by atoms with E-state index in [0.717, 1.165) is 23.3 Å². The quantitative estimate of drug-likeness (QED) is 0.229.